The van der Waals surface area contributed by atoms with Crippen LogP contribution in [0.1, 0.15) is 21.5 Å². The number of carboxylic acids is 1. The molecule has 0 saturated heterocycles. The van der Waals surface area contributed by atoms with Crippen LogP contribution >= 0.6 is 0 Å². The van der Waals surface area contributed by atoms with E-state index in [1.54, 1.807) is 26.0 Å². The van der Waals surface area contributed by atoms with Crippen LogP contribution in [0, 0.1) is 13.8 Å². The van der Waals surface area contributed by atoms with Gasteiger partial charge in [0, 0.05) is 5.56 Å². The first-order valence-corrected chi connectivity index (χ1v) is 8.86. The summed E-state index contributed by atoms with van der Waals surface area (Å²) < 4.78 is 29.2. The Bertz CT molecular complexity index is 1080. The van der Waals surface area contributed by atoms with Crippen LogP contribution in [0.5, 0.6) is 0 Å². The fourth-order valence-electron chi connectivity index (χ4n) is 2.39. The summed E-state index contributed by atoms with van der Waals surface area (Å²) in [7, 11) is -4.14. The van der Waals surface area contributed by atoms with Gasteiger partial charge in [-0.2, -0.15) is 5.21 Å². The van der Waals surface area contributed by atoms with E-state index in [0.29, 0.717) is 22.5 Å². The molecule has 0 aliphatic rings. The topological polar surface area (TPSA) is 143 Å². The monoisotopic (exact) mass is 371 g/mol. The van der Waals surface area contributed by atoms with Gasteiger partial charge >= 0.3 is 0 Å². The van der Waals surface area contributed by atoms with Crippen molar-refractivity contribution in [1.29, 1.82) is 0 Å². The summed E-state index contributed by atoms with van der Waals surface area (Å²) in [4.78, 5) is 10.9. The van der Waals surface area contributed by atoms with E-state index < -0.39 is 16.0 Å². The quantitative estimate of drug-likeness (QED) is 0.710. The van der Waals surface area contributed by atoms with Gasteiger partial charge in [0.25, 0.3) is 0 Å². The number of benzene rings is 2. The highest BCUT2D eigenvalue weighted by Gasteiger charge is 2.13. The second kappa shape index (κ2) is 6.56. The molecule has 0 bridgehead atoms. The average Bonchev–Trinajstić information content (AvgIpc) is 3.11. The lowest BCUT2D eigenvalue weighted by Crippen LogP contribution is -2.23. The predicted octanol–water partition coefficient (Wildman–Crippen LogP) is 1.24. The number of nitrogens with one attached hydrogen (secondary N) is 1. The Hall–Kier alpha value is -3.27. The van der Waals surface area contributed by atoms with E-state index in [9.17, 15) is 18.3 Å². The molecule has 0 aliphatic heterocycles. The van der Waals surface area contributed by atoms with E-state index >= 15 is 0 Å². The Morgan fingerprint density at radius 1 is 1.19 bits per heavy atom. The third-order valence-corrected chi connectivity index (χ3v) is 5.24. The Labute approximate surface area is 149 Å². The first-order valence-electron chi connectivity index (χ1n) is 7.42. The minimum absolute atomic E-state index is 0.156. The molecule has 0 atom stereocenters. The van der Waals surface area contributed by atoms with E-state index in [-0.39, 0.29) is 16.1 Å². The summed E-state index contributed by atoms with van der Waals surface area (Å²) in [6.07, 6.45) is 0. The summed E-state index contributed by atoms with van der Waals surface area (Å²) in [6, 6.07) is 8.71. The van der Waals surface area contributed by atoms with Crippen LogP contribution in [0.15, 0.2) is 41.3 Å². The lowest BCUT2D eigenvalue weighted by molar-refractivity contribution is -0.255. The van der Waals surface area contributed by atoms with Crippen molar-refractivity contribution < 1.29 is 18.3 Å². The average molecular weight is 371 g/mol. The Balaban J connectivity index is 2.00. The third kappa shape index (κ3) is 3.40. The number of rotatable bonds is 5. The zero-order valence-electron chi connectivity index (χ0n) is 13.8. The van der Waals surface area contributed by atoms with Crippen molar-refractivity contribution in [3.63, 3.8) is 0 Å². The number of aromatic nitrogens is 4. The van der Waals surface area contributed by atoms with Gasteiger partial charge in [-0.15, -0.1) is 15.9 Å². The van der Waals surface area contributed by atoms with Crippen molar-refractivity contribution in [3.8, 4) is 11.4 Å². The molecular formula is C16H13N5O4S-2. The molecule has 9 nitrogen and oxygen atoms in total. The first-order chi connectivity index (χ1) is 12.3. The highest BCUT2D eigenvalue weighted by atomic mass is 32.2. The number of aromatic amines is 1. The lowest BCUT2D eigenvalue weighted by atomic mass is 10.1. The molecule has 1 heterocycles. The summed E-state index contributed by atoms with van der Waals surface area (Å²) in [6.45, 7) is 3.21. The first kappa shape index (κ1) is 17.5. The zero-order chi connectivity index (χ0) is 18.9. The number of sulfonamides is 1. The number of H-pyrrole nitrogens is 1. The second-order valence-electron chi connectivity index (χ2n) is 5.56. The van der Waals surface area contributed by atoms with Crippen molar-refractivity contribution >= 4 is 21.7 Å². The number of aryl methyl sites for hydroxylation is 1. The van der Waals surface area contributed by atoms with Crippen LogP contribution in [-0.4, -0.2) is 35.0 Å². The second-order valence-corrected chi connectivity index (χ2v) is 7.13. The summed E-state index contributed by atoms with van der Waals surface area (Å²) in [5.74, 6) is -1.16. The van der Waals surface area contributed by atoms with Crippen molar-refractivity contribution in [2.24, 2.45) is 0 Å². The van der Waals surface area contributed by atoms with Crippen molar-refractivity contribution in [1.82, 2.24) is 20.6 Å². The molecule has 0 saturated carbocycles. The number of hydrogen-bond donors (Lipinski definition) is 1. The molecule has 0 unspecified atom stereocenters. The lowest BCUT2D eigenvalue weighted by Gasteiger charge is -2.24. The number of carbonyl (C=O) groups excluding carboxylic acids is 1. The molecule has 0 aliphatic carbocycles. The molecule has 134 valence electrons. The number of tetrazole rings is 1. The van der Waals surface area contributed by atoms with Crippen molar-refractivity contribution in [2.45, 2.75) is 18.7 Å². The van der Waals surface area contributed by atoms with Crippen molar-refractivity contribution in [3.05, 3.63) is 57.8 Å². The maximum absolute atomic E-state index is 12.7. The van der Waals surface area contributed by atoms with Gasteiger partial charge < -0.3 is 14.6 Å². The Morgan fingerprint density at radius 2 is 1.96 bits per heavy atom. The van der Waals surface area contributed by atoms with Gasteiger partial charge in [0.1, 0.15) is 10.0 Å². The molecule has 0 spiro atoms. The van der Waals surface area contributed by atoms with E-state index in [2.05, 4.69) is 25.3 Å². The van der Waals surface area contributed by atoms with E-state index in [1.807, 2.05) is 0 Å². The molecule has 10 heteroatoms. The fraction of sp³-hybridized carbons (Fsp3) is 0.125. The normalized spacial score (nSPS) is 11.3. The van der Waals surface area contributed by atoms with Crippen LogP contribution in [0.3, 0.4) is 0 Å². The van der Waals surface area contributed by atoms with Gasteiger partial charge in [-0.1, -0.05) is 24.3 Å². The standard InChI is InChI=1S/C16H14N5O4S/c1-9-6-12(16(22)23)8-14(10(9)2)26(24,25)19-13-5-3-4-11(7-13)15-17-20-21-18-15/h3-8H,1-2H3,(H,22,23)(H,17,18,20,21)/q-1/p-1. The highest BCUT2D eigenvalue weighted by Crippen LogP contribution is 2.32. The molecule has 1 N–H and O–H groups in total. The Kier molecular flexibility index (Phi) is 4.43. The summed E-state index contributed by atoms with van der Waals surface area (Å²) in [5.41, 5.74) is 1.41. The zero-order valence-corrected chi connectivity index (χ0v) is 14.6. The number of nitrogens with zero attached hydrogens (tertiary/aromatic N) is 4. The van der Waals surface area contributed by atoms with Gasteiger partial charge in [0.05, 0.1) is 10.9 Å². The minimum atomic E-state index is -4.14. The fourth-order valence-corrected chi connectivity index (χ4v) is 3.70. The van der Waals surface area contributed by atoms with Crippen LogP contribution < -0.4 is 5.11 Å². The van der Waals surface area contributed by atoms with Crippen LogP contribution in [-0.2, 0) is 10.0 Å². The van der Waals surface area contributed by atoms with Crippen LogP contribution in [0.2, 0.25) is 0 Å². The number of hydrogen-bond acceptors (Lipinski definition) is 7. The SMILES string of the molecule is Cc1cc(C(=O)[O-])cc(S(=O)(=O)[N-]c2cccc(-c3nn[nH]n3)c2)c1C. The molecule has 3 rings (SSSR count). The van der Waals surface area contributed by atoms with E-state index in [4.69, 9.17) is 0 Å². The maximum atomic E-state index is 12.7. The molecule has 1 aromatic heterocycles. The van der Waals surface area contributed by atoms with Gasteiger partial charge in [-0.3, -0.25) is 0 Å². The van der Waals surface area contributed by atoms with Gasteiger partial charge in [-0.05, 0) is 47.9 Å². The number of carboxylic acid groups (broad SMARTS) is 1. The number of aromatic carboxylic acids is 1. The molecule has 26 heavy (non-hydrogen) atoms. The number of carbonyl (C=O) groups is 1. The highest BCUT2D eigenvalue weighted by molar-refractivity contribution is 7.94. The molecule has 0 amide bonds. The maximum Gasteiger partial charge on any atom is 0.204 e. The van der Waals surface area contributed by atoms with Gasteiger partial charge in [0.15, 0.2) is 0 Å². The molecular weight excluding hydrogens is 358 g/mol. The van der Waals surface area contributed by atoms with Gasteiger partial charge in [0.2, 0.25) is 5.82 Å². The van der Waals surface area contributed by atoms with Crippen LogP contribution in [0.4, 0.5) is 5.69 Å². The molecule has 0 radical (unpaired) electrons. The smallest absolute Gasteiger partial charge is 0.204 e. The molecule has 3 aromatic rings. The van der Waals surface area contributed by atoms with Gasteiger partial charge in [-0.25, -0.2) is 8.42 Å². The van der Waals surface area contributed by atoms with E-state index in [1.165, 1.54) is 18.2 Å². The summed E-state index contributed by atoms with van der Waals surface area (Å²) >= 11 is 0. The minimum Gasteiger partial charge on any atom is -0.573 e. The Morgan fingerprint density at radius 3 is 2.62 bits per heavy atom. The molecule has 2 aromatic carbocycles. The largest absolute Gasteiger partial charge is 0.573 e. The predicted molar refractivity (Wildman–Crippen MR) is 90.1 cm³/mol. The van der Waals surface area contributed by atoms with Crippen molar-refractivity contribution in [2.75, 3.05) is 0 Å². The third-order valence-electron chi connectivity index (χ3n) is 3.81. The summed E-state index contributed by atoms with van der Waals surface area (Å²) in [5, 5.41) is 24.5. The van der Waals surface area contributed by atoms with Crippen LogP contribution in [0.25, 0.3) is 16.1 Å². The van der Waals surface area contributed by atoms with E-state index in [0.717, 1.165) is 6.07 Å². The molecule has 0 fully saturated rings.